The second-order valence-corrected chi connectivity index (χ2v) is 17.0. The summed E-state index contributed by atoms with van der Waals surface area (Å²) in [5.41, 5.74) is 12.1. The SMILES string of the molecule is Cc1ccc2[cH-]c(-c3ccc(-c4ccccc4)o3)cc2c1-c1ccccc1.Cc1ccc2[cH-]c(-c3ccc(-c4ccccc4)o3)cc2c1-c1ccccc1.[Cl-].[Cl-].[Zr+2]=[C]1CCC1. The van der Waals surface area contributed by atoms with Crippen molar-refractivity contribution in [3.8, 4) is 67.5 Å². The van der Waals surface area contributed by atoms with Crippen molar-refractivity contribution in [2.75, 3.05) is 0 Å². The van der Waals surface area contributed by atoms with Crippen molar-refractivity contribution < 1.29 is 57.9 Å². The Kier molecular flexibility index (Phi) is 14.2. The van der Waals surface area contributed by atoms with Gasteiger partial charge in [-0.15, -0.1) is 57.9 Å². The maximum atomic E-state index is 6.16. The molecule has 10 aromatic rings. The van der Waals surface area contributed by atoms with Crippen molar-refractivity contribution in [2.24, 2.45) is 0 Å². The van der Waals surface area contributed by atoms with Crippen molar-refractivity contribution in [2.45, 2.75) is 33.1 Å². The molecule has 1 saturated carbocycles. The van der Waals surface area contributed by atoms with Gasteiger partial charge in [-0.3, -0.25) is 0 Å². The second kappa shape index (κ2) is 19.9. The Hall–Kier alpha value is -5.57. The molecule has 11 rings (SSSR count). The Morgan fingerprint density at radius 1 is 0.410 bits per heavy atom. The Balaban J connectivity index is 0.000000160. The standard InChI is InChI=1S/2C26H19O.C4H6.2ClH.Zr/c2*1-18-12-13-21-16-22(17-23(21)26(18)20-10-6-3-7-11-20)25-15-14-24(27-25)19-8-4-2-5-9-19;1-2-4-3-1;;;/h2*2-17H,1H3;1-3H2;2*1H;/q2*-1;;;;+2/p-2. The number of hydrogen-bond donors (Lipinski definition) is 0. The van der Waals surface area contributed by atoms with Crippen LogP contribution in [0.5, 0.6) is 0 Å². The van der Waals surface area contributed by atoms with Crippen LogP contribution >= 0.6 is 0 Å². The zero-order chi connectivity index (χ0) is 40.1. The maximum absolute atomic E-state index is 6.16. The molecule has 1 aliphatic rings. The Bertz CT molecular complexity index is 2790. The van der Waals surface area contributed by atoms with Crippen LogP contribution in [0.15, 0.2) is 203 Å². The van der Waals surface area contributed by atoms with Gasteiger partial charge in [0, 0.05) is 11.1 Å². The van der Waals surface area contributed by atoms with Crippen LogP contribution in [0.3, 0.4) is 0 Å². The molecule has 0 radical (unpaired) electrons. The molecule has 0 bridgehead atoms. The van der Waals surface area contributed by atoms with Crippen LogP contribution in [-0.4, -0.2) is 3.21 Å². The van der Waals surface area contributed by atoms with E-state index in [-0.39, 0.29) is 24.8 Å². The zero-order valence-electron chi connectivity index (χ0n) is 34.2. The molecule has 0 atom stereocenters. The summed E-state index contributed by atoms with van der Waals surface area (Å²) in [6.45, 7) is 4.35. The van der Waals surface area contributed by atoms with E-state index in [0.29, 0.717) is 0 Å². The molecular formula is C56H44Cl2O2Zr-2. The van der Waals surface area contributed by atoms with E-state index in [1.807, 2.05) is 48.5 Å². The molecule has 8 aromatic carbocycles. The van der Waals surface area contributed by atoms with E-state index in [1.54, 1.807) is 27.4 Å². The monoisotopic (exact) mass is 908 g/mol. The minimum atomic E-state index is 0. The van der Waals surface area contributed by atoms with Gasteiger partial charge in [-0.25, -0.2) is 0 Å². The summed E-state index contributed by atoms with van der Waals surface area (Å²) in [6.07, 6.45) is 4.36. The van der Waals surface area contributed by atoms with Gasteiger partial charge in [-0.05, 0) is 60.4 Å². The fraction of sp³-hybridized carbons (Fsp3) is 0.0893. The van der Waals surface area contributed by atoms with E-state index >= 15 is 0 Å². The van der Waals surface area contributed by atoms with Crippen molar-refractivity contribution in [1.82, 2.24) is 0 Å². The Morgan fingerprint density at radius 3 is 1.07 bits per heavy atom. The van der Waals surface area contributed by atoms with Crippen LogP contribution in [0, 0.1) is 13.8 Å². The van der Waals surface area contributed by atoms with Crippen molar-refractivity contribution >= 4 is 24.8 Å². The van der Waals surface area contributed by atoms with E-state index in [2.05, 4.69) is 159 Å². The minimum absolute atomic E-state index is 0. The first-order valence-electron chi connectivity index (χ1n) is 20.4. The quantitative estimate of drug-likeness (QED) is 0.156. The van der Waals surface area contributed by atoms with Gasteiger partial charge < -0.3 is 33.6 Å². The van der Waals surface area contributed by atoms with Crippen molar-refractivity contribution in [1.29, 1.82) is 0 Å². The summed E-state index contributed by atoms with van der Waals surface area (Å²) < 4.78 is 14.1. The molecule has 0 amide bonds. The van der Waals surface area contributed by atoms with E-state index in [0.717, 1.165) is 45.3 Å². The molecular weight excluding hydrogens is 867 g/mol. The summed E-state index contributed by atoms with van der Waals surface area (Å²) in [7, 11) is 0. The van der Waals surface area contributed by atoms with E-state index in [9.17, 15) is 0 Å². The fourth-order valence-electron chi connectivity index (χ4n) is 7.90. The third-order valence-electron chi connectivity index (χ3n) is 11.2. The third kappa shape index (κ3) is 9.67. The summed E-state index contributed by atoms with van der Waals surface area (Å²) in [5.74, 6) is 3.61. The molecule has 61 heavy (non-hydrogen) atoms. The van der Waals surface area contributed by atoms with E-state index < -0.39 is 0 Å². The molecule has 0 spiro atoms. The second-order valence-electron chi connectivity index (χ2n) is 15.3. The van der Waals surface area contributed by atoms with Crippen LogP contribution in [0.1, 0.15) is 30.4 Å². The zero-order valence-corrected chi connectivity index (χ0v) is 38.1. The van der Waals surface area contributed by atoms with Gasteiger partial charge in [0.1, 0.15) is 11.5 Å². The van der Waals surface area contributed by atoms with Crippen LogP contribution in [0.25, 0.3) is 89.1 Å². The number of benzene rings is 6. The van der Waals surface area contributed by atoms with Gasteiger partial charge in [0.2, 0.25) is 0 Å². The first-order valence-corrected chi connectivity index (χ1v) is 21.6. The molecule has 0 aliphatic heterocycles. The molecule has 0 N–H and O–H groups in total. The first kappa shape index (κ1) is 43.5. The molecule has 0 saturated heterocycles. The van der Waals surface area contributed by atoms with Gasteiger partial charge in [0.15, 0.2) is 0 Å². The first-order chi connectivity index (χ1) is 29.0. The number of aryl methyl sites for hydroxylation is 2. The average molecular weight is 911 g/mol. The van der Waals surface area contributed by atoms with E-state index in [1.165, 1.54) is 74.2 Å². The molecule has 5 heteroatoms. The van der Waals surface area contributed by atoms with Gasteiger partial charge in [-0.2, -0.15) is 0 Å². The molecule has 2 heterocycles. The molecule has 1 fully saturated rings. The van der Waals surface area contributed by atoms with Crippen LogP contribution in [0.4, 0.5) is 0 Å². The van der Waals surface area contributed by atoms with Crippen molar-refractivity contribution in [3.05, 3.63) is 205 Å². The number of rotatable bonds is 6. The van der Waals surface area contributed by atoms with Gasteiger partial charge in [0.05, 0.1) is 11.5 Å². The van der Waals surface area contributed by atoms with Gasteiger partial charge in [0.25, 0.3) is 0 Å². The Morgan fingerprint density at radius 2 is 0.738 bits per heavy atom. The predicted octanol–water partition coefficient (Wildman–Crippen LogP) is 9.82. The predicted molar refractivity (Wildman–Crippen MR) is 245 cm³/mol. The topological polar surface area (TPSA) is 26.3 Å². The average Bonchev–Trinajstić information content (AvgIpc) is 4.11. The third-order valence-corrected chi connectivity index (χ3v) is 12.4. The van der Waals surface area contributed by atoms with Gasteiger partial charge >= 0.3 is 46.7 Å². The number of fused-ring (bicyclic) bond motifs is 2. The van der Waals surface area contributed by atoms with Gasteiger partial charge in [-0.1, -0.05) is 156 Å². The molecule has 300 valence electrons. The van der Waals surface area contributed by atoms with Crippen LogP contribution in [-0.2, 0) is 24.2 Å². The van der Waals surface area contributed by atoms with E-state index in [4.69, 9.17) is 8.83 Å². The summed E-state index contributed by atoms with van der Waals surface area (Å²) in [4.78, 5) is 0. The summed E-state index contributed by atoms with van der Waals surface area (Å²) in [6, 6.07) is 67.6. The van der Waals surface area contributed by atoms with Crippen LogP contribution < -0.4 is 24.8 Å². The molecule has 0 unspecified atom stereocenters. The van der Waals surface area contributed by atoms with Crippen LogP contribution in [0.2, 0.25) is 0 Å². The molecule has 2 nitrogen and oxygen atoms in total. The summed E-state index contributed by atoms with van der Waals surface area (Å²) >= 11 is 1.67. The number of furan rings is 2. The summed E-state index contributed by atoms with van der Waals surface area (Å²) in [5, 5.41) is 5.03. The molecule has 1 aliphatic carbocycles. The van der Waals surface area contributed by atoms with Crippen molar-refractivity contribution in [3.63, 3.8) is 0 Å². The Labute approximate surface area is 385 Å². The number of halogens is 2. The number of hydrogen-bond acceptors (Lipinski definition) is 2. The fourth-order valence-corrected chi connectivity index (χ4v) is 8.77. The normalized spacial score (nSPS) is 11.7. The molecule has 2 aromatic heterocycles.